The maximum atomic E-state index is 11.7. The Morgan fingerprint density at radius 3 is 2.47 bits per heavy atom. The Labute approximate surface area is 109 Å². The van der Waals surface area contributed by atoms with Crippen molar-refractivity contribution >= 4 is 17.8 Å². The van der Waals surface area contributed by atoms with Crippen molar-refractivity contribution < 1.29 is 19.7 Å². The number of ether oxygens (including phenoxy) is 1. The van der Waals surface area contributed by atoms with Gasteiger partial charge in [0.25, 0.3) is 0 Å². The zero-order valence-electron chi connectivity index (χ0n) is 9.83. The molecule has 1 aliphatic rings. The van der Waals surface area contributed by atoms with E-state index in [1.807, 2.05) is 0 Å². The summed E-state index contributed by atoms with van der Waals surface area (Å²) in [5.41, 5.74) is 1.54. The zero-order chi connectivity index (χ0) is 13.4. The summed E-state index contributed by atoms with van der Waals surface area (Å²) < 4.78 is 5.15. The molecule has 19 heavy (non-hydrogen) atoms. The van der Waals surface area contributed by atoms with Gasteiger partial charge >= 0.3 is 5.97 Å². The summed E-state index contributed by atoms with van der Waals surface area (Å²) in [6.45, 7) is 0. The van der Waals surface area contributed by atoms with E-state index in [1.165, 1.54) is 6.07 Å². The van der Waals surface area contributed by atoms with Crippen molar-refractivity contribution in [3.8, 4) is 11.5 Å². The molecule has 4 nitrogen and oxygen atoms in total. The van der Waals surface area contributed by atoms with Crippen LogP contribution in [0.5, 0.6) is 11.5 Å². The molecular weight excluding hydrogens is 244 g/mol. The fraction of sp³-hybridized carbons (Fsp3) is 0. The molecule has 0 saturated carbocycles. The van der Waals surface area contributed by atoms with Gasteiger partial charge in [0.2, 0.25) is 0 Å². The predicted octanol–water partition coefficient (Wildman–Crippen LogP) is 2.77. The van der Waals surface area contributed by atoms with Crippen LogP contribution in [-0.2, 0) is 4.74 Å². The van der Waals surface area contributed by atoms with Crippen molar-refractivity contribution in [2.24, 2.45) is 0 Å². The number of benzene rings is 2. The molecule has 4 heteroatoms. The van der Waals surface area contributed by atoms with Gasteiger partial charge in [-0.2, -0.15) is 0 Å². The predicted molar refractivity (Wildman–Crippen MR) is 69.5 cm³/mol. The monoisotopic (exact) mass is 254 g/mol. The maximum absolute atomic E-state index is 11.7. The molecule has 2 N–H and O–H groups in total. The van der Waals surface area contributed by atoms with E-state index in [-0.39, 0.29) is 17.1 Å². The highest BCUT2D eigenvalue weighted by molar-refractivity contribution is 6.07. The van der Waals surface area contributed by atoms with Gasteiger partial charge in [-0.1, -0.05) is 24.3 Å². The minimum atomic E-state index is -0.557. The largest absolute Gasteiger partial charge is 0.508 e. The van der Waals surface area contributed by atoms with E-state index in [0.717, 1.165) is 5.56 Å². The van der Waals surface area contributed by atoms with E-state index >= 15 is 0 Å². The Bertz CT molecular complexity index is 684. The third-order valence-electron chi connectivity index (χ3n) is 2.91. The van der Waals surface area contributed by atoms with Gasteiger partial charge in [-0.3, -0.25) is 0 Å². The fourth-order valence-electron chi connectivity index (χ4n) is 1.99. The Hall–Kier alpha value is -2.75. The van der Waals surface area contributed by atoms with E-state index < -0.39 is 5.97 Å². The molecule has 0 atom stereocenters. The molecular formula is C15H10O4. The van der Waals surface area contributed by atoms with Crippen LogP contribution in [0.2, 0.25) is 0 Å². The lowest BCUT2D eigenvalue weighted by molar-refractivity contribution is 0.0714. The van der Waals surface area contributed by atoms with Crippen LogP contribution in [0.1, 0.15) is 21.5 Å². The minimum absolute atomic E-state index is 0.0865. The molecule has 0 unspecified atom stereocenters. The Morgan fingerprint density at radius 2 is 1.74 bits per heavy atom. The molecule has 0 spiro atoms. The van der Waals surface area contributed by atoms with Crippen LogP contribution < -0.4 is 0 Å². The number of rotatable bonds is 1. The van der Waals surface area contributed by atoms with Crippen LogP contribution in [0.25, 0.3) is 11.8 Å². The molecule has 2 aromatic rings. The summed E-state index contributed by atoms with van der Waals surface area (Å²) >= 11 is 0. The lowest BCUT2D eigenvalue weighted by Crippen LogP contribution is -1.93. The van der Waals surface area contributed by atoms with Gasteiger partial charge in [-0.25, -0.2) is 4.79 Å². The topological polar surface area (TPSA) is 66.8 Å². The van der Waals surface area contributed by atoms with E-state index in [9.17, 15) is 15.0 Å². The highest BCUT2D eigenvalue weighted by Gasteiger charge is 2.29. The van der Waals surface area contributed by atoms with Crippen molar-refractivity contribution in [3.63, 3.8) is 0 Å². The molecule has 0 amide bonds. The lowest BCUT2D eigenvalue weighted by Gasteiger charge is -1.99. The van der Waals surface area contributed by atoms with Crippen molar-refractivity contribution in [1.29, 1.82) is 0 Å². The Balaban J connectivity index is 2.08. The standard InChI is InChI=1S/C15H10O4/c16-10-6-4-9(5-7-10)8-13-11-2-1-3-12(17)14(11)15(18)19-13/h1-8,16-17H/b13-8-. The maximum Gasteiger partial charge on any atom is 0.348 e. The summed E-state index contributed by atoms with van der Waals surface area (Å²) in [7, 11) is 0. The Kier molecular flexibility index (Phi) is 2.49. The normalized spacial score (nSPS) is 15.4. The smallest absolute Gasteiger partial charge is 0.348 e. The molecule has 0 fully saturated rings. The van der Waals surface area contributed by atoms with Crippen LogP contribution in [0.15, 0.2) is 42.5 Å². The number of hydrogen-bond donors (Lipinski definition) is 2. The van der Waals surface area contributed by atoms with Crippen LogP contribution >= 0.6 is 0 Å². The first kappa shape index (κ1) is 11.3. The van der Waals surface area contributed by atoms with Gasteiger partial charge in [-0.15, -0.1) is 0 Å². The minimum Gasteiger partial charge on any atom is -0.508 e. The average molecular weight is 254 g/mol. The molecule has 0 radical (unpaired) electrons. The summed E-state index contributed by atoms with van der Waals surface area (Å²) in [6, 6.07) is 11.3. The van der Waals surface area contributed by atoms with Gasteiger partial charge in [0.15, 0.2) is 0 Å². The Morgan fingerprint density at radius 1 is 1.00 bits per heavy atom. The highest BCUT2D eigenvalue weighted by atomic mass is 16.5. The van der Waals surface area contributed by atoms with Gasteiger partial charge in [0, 0.05) is 5.56 Å². The number of carbonyl (C=O) groups excluding carboxylic acids is 1. The second kappa shape index (κ2) is 4.17. The first-order valence-corrected chi connectivity index (χ1v) is 5.70. The second-order valence-corrected chi connectivity index (χ2v) is 4.19. The summed E-state index contributed by atoms with van der Waals surface area (Å²) in [6.07, 6.45) is 1.68. The van der Waals surface area contributed by atoms with E-state index in [2.05, 4.69) is 0 Å². The quantitative estimate of drug-likeness (QED) is 0.768. The molecule has 0 aliphatic carbocycles. The number of phenolic OH excluding ortho intramolecular Hbond substituents is 2. The van der Waals surface area contributed by atoms with E-state index in [1.54, 1.807) is 42.5 Å². The number of esters is 1. The third-order valence-corrected chi connectivity index (χ3v) is 2.91. The number of cyclic esters (lactones) is 1. The van der Waals surface area contributed by atoms with Gasteiger partial charge in [0.1, 0.15) is 22.8 Å². The van der Waals surface area contributed by atoms with Gasteiger partial charge in [0.05, 0.1) is 0 Å². The van der Waals surface area contributed by atoms with Gasteiger partial charge in [-0.05, 0) is 29.8 Å². The van der Waals surface area contributed by atoms with Crippen molar-refractivity contribution in [3.05, 3.63) is 59.2 Å². The molecule has 1 aliphatic heterocycles. The molecule has 3 rings (SSSR count). The first-order valence-electron chi connectivity index (χ1n) is 5.70. The molecule has 0 aromatic heterocycles. The average Bonchev–Trinajstić information content (AvgIpc) is 2.70. The summed E-state index contributed by atoms with van der Waals surface area (Å²) in [5.74, 6) is -0.0834. The van der Waals surface area contributed by atoms with Gasteiger partial charge < -0.3 is 14.9 Å². The summed E-state index contributed by atoms with van der Waals surface area (Å²) in [4.78, 5) is 11.7. The van der Waals surface area contributed by atoms with E-state index in [0.29, 0.717) is 11.3 Å². The summed E-state index contributed by atoms with van der Waals surface area (Å²) in [5, 5.41) is 18.9. The van der Waals surface area contributed by atoms with Crippen LogP contribution in [0.4, 0.5) is 0 Å². The SMILES string of the molecule is O=C1O/C(=C\c2ccc(O)cc2)c2cccc(O)c21. The van der Waals surface area contributed by atoms with Crippen LogP contribution in [0, 0.1) is 0 Å². The lowest BCUT2D eigenvalue weighted by atomic mass is 10.1. The van der Waals surface area contributed by atoms with E-state index in [4.69, 9.17) is 4.74 Å². The number of carbonyl (C=O) groups is 1. The van der Waals surface area contributed by atoms with Crippen molar-refractivity contribution in [2.45, 2.75) is 0 Å². The molecule has 0 bridgehead atoms. The first-order chi connectivity index (χ1) is 9.15. The number of aromatic hydroxyl groups is 2. The van der Waals surface area contributed by atoms with Crippen LogP contribution in [-0.4, -0.2) is 16.2 Å². The number of fused-ring (bicyclic) bond motifs is 1. The van der Waals surface area contributed by atoms with Crippen LogP contribution in [0.3, 0.4) is 0 Å². The fourth-order valence-corrected chi connectivity index (χ4v) is 1.99. The molecule has 1 heterocycles. The number of hydrogen-bond acceptors (Lipinski definition) is 4. The zero-order valence-corrected chi connectivity index (χ0v) is 9.83. The molecule has 0 saturated heterocycles. The second-order valence-electron chi connectivity index (χ2n) is 4.19. The number of phenols is 2. The third kappa shape index (κ3) is 1.93. The molecule has 2 aromatic carbocycles. The van der Waals surface area contributed by atoms with Crippen molar-refractivity contribution in [2.75, 3.05) is 0 Å². The highest BCUT2D eigenvalue weighted by Crippen LogP contribution is 2.36. The van der Waals surface area contributed by atoms with Crippen molar-refractivity contribution in [1.82, 2.24) is 0 Å². The molecule has 94 valence electrons.